The van der Waals surface area contributed by atoms with E-state index in [1.54, 1.807) is 0 Å². The number of hydrogen-bond acceptors (Lipinski definition) is 3. The summed E-state index contributed by atoms with van der Waals surface area (Å²) in [5.41, 5.74) is 0. The van der Waals surface area contributed by atoms with Gasteiger partial charge in [-0.1, -0.05) is 0 Å². The van der Waals surface area contributed by atoms with Crippen molar-refractivity contribution in [3.8, 4) is 6.07 Å². The van der Waals surface area contributed by atoms with E-state index in [2.05, 4.69) is 4.74 Å². The molecule has 0 atom stereocenters. The molecule has 0 aromatic carbocycles. The Balaban J connectivity index is 2.74. The molecular formula is C5H6NO2. The van der Waals surface area contributed by atoms with E-state index in [-0.39, 0.29) is 0 Å². The van der Waals surface area contributed by atoms with Crippen LogP contribution in [0.1, 0.15) is 12.8 Å². The summed E-state index contributed by atoms with van der Waals surface area (Å²) in [7, 11) is 0. The first kappa shape index (κ1) is 6.96. The van der Waals surface area contributed by atoms with Crippen molar-refractivity contribution in [2.75, 3.05) is 6.61 Å². The second kappa shape index (κ2) is 5.96. The molecule has 0 N–H and O–H groups in total. The van der Waals surface area contributed by atoms with Crippen LogP contribution in [0.2, 0.25) is 0 Å². The summed E-state index contributed by atoms with van der Waals surface area (Å²) in [6, 6.07) is 1.92. The zero-order valence-electron chi connectivity index (χ0n) is 4.39. The van der Waals surface area contributed by atoms with E-state index in [1.165, 1.54) is 6.47 Å². The van der Waals surface area contributed by atoms with E-state index in [1.807, 2.05) is 6.07 Å². The smallest absolute Gasteiger partial charge is 0.417 e. The fourth-order valence-electron chi connectivity index (χ4n) is 0.265. The van der Waals surface area contributed by atoms with Crippen molar-refractivity contribution in [2.24, 2.45) is 0 Å². The molecule has 1 radical (unpaired) electrons. The predicted molar refractivity (Wildman–Crippen MR) is 26.5 cm³/mol. The molecule has 0 aromatic rings. The summed E-state index contributed by atoms with van der Waals surface area (Å²) >= 11 is 0. The van der Waals surface area contributed by atoms with Crippen molar-refractivity contribution >= 4 is 6.47 Å². The highest BCUT2D eigenvalue weighted by atomic mass is 16.5. The molecule has 0 aliphatic rings. The van der Waals surface area contributed by atoms with Crippen molar-refractivity contribution in [1.82, 2.24) is 0 Å². The number of hydrogen-bond donors (Lipinski definition) is 0. The Morgan fingerprint density at radius 2 is 2.38 bits per heavy atom. The van der Waals surface area contributed by atoms with Gasteiger partial charge in [-0.25, -0.2) is 4.79 Å². The van der Waals surface area contributed by atoms with Gasteiger partial charge < -0.3 is 4.74 Å². The number of ether oxygens (including phenoxy) is 1. The van der Waals surface area contributed by atoms with Crippen molar-refractivity contribution in [2.45, 2.75) is 12.8 Å². The van der Waals surface area contributed by atoms with Crippen LogP contribution in [0.5, 0.6) is 0 Å². The minimum absolute atomic E-state index is 0.303. The van der Waals surface area contributed by atoms with E-state index in [4.69, 9.17) is 5.26 Å². The molecule has 0 unspecified atom stereocenters. The van der Waals surface area contributed by atoms with Crippen LogP contribution >= 0.6 is 0 Å². The highest BCUT2D eigenvalue weighted by Gasteiger charge is 1.83. The lowest BCUT2D eigenvalue weighted by molar-refractivity contribution is 0.274. The van der Waals surface area contributed by atoms with Gasteiger partial charge in [-0.2, -0.15) is 5.26 Å². The van der Waals surface area contributed by atoms with Crippen LogP contribution in [0.25, 0.3) is 0 Å². The van der Waals surface area contributed by atoms with Gasteiger partial charge in [0.05, 0.1) is 12.7 Å². The van der Waals surface area contributed by atoms with E-state index < -0.39 is 0 Å². The topological polar surface area (TPSA) is 50.1 Å². The summed E-state index contributed by atoms with van der Waals surface area (Å²) in [6.45, 7) is 1.57. The van der Waals surface area contributed by atoms with Crippen molar-refractivity contribution < 1.29 is 9.53 Å². The highest BCUT2D eigenvalue weighted by Crippen LogP contribution is 1.84. The van der Waals surface area contributed by atoms with Crippen molar-refractivity contribution in [3.63, 3.8) is 0 Å². The number of nitriles is 1. The Hall–Kier alpha value is -1.04. The number of unbranched alkanes of at least 4 members (excludes halogenated alkanes) is 1. The molecule has 43 valence electrons. The maximum atomic E-state index is 9.34. The van der Waals surface area contributed by atoms with Gasteiger partial charge in [-0.3, -0.25) is 0 Å². The van der Waals surface area contributed by atoms with Crippen LogP contribution in [0.4, 0.5) is 0 Å². The third-order valence-corrected chi connectivity index (χ3v) is 0.594. The average Bonchev–Trinajstić information content (AvgIpc) is 1.81. The first-order valence-electron chi connectivity index (χ1n) is 2.27. The van der Waals surface area contributed by atoms with Crippen LogP contribution in [-0.2, 0) is 9.53 Å². The summed E-state index contributed by atoms with van der Waals surface area (Å²) in [4.78, 5) is 9.34. The van der Waals surface area contributed by atoms with Gasteiger partial charge >= 0.3 is 6.47 Å². The fourth-order valence-corrected chi connectivity index (χ4v) is 0.265. The monoisotopic (exact) mass is 112 g/mol. The lowest BCUT2D eigenvalue weighted by Crippen LogP contribution is -1.89. The molecule has 0 aromatic heterocycles. The minimum atomic E-state index is 0.303. The van der Waals surface area contributed by atoms with E-state index >= 15 is 0 Å². The highest BCUT2D eigenvalue weighted by molar-refractivity contribution is 5.37. The van der Waals surface area contributed by atoms with Crippen LogP contribution in [0.3, 0.4) is 0 Å². The Morgan fingerprint density at radius 3 is 2.88 bits per heavy atom. The van der Waals surface area contributed by atoms with Gasteiger partial charge in [0.2, 0.25) is 0 Å². The standard InChI is InChI=1S/C5H6NO2/c6-3-1-2-4-8-5-7/h1-2,4H2. The maximum absolute atomic E-state index is 9.34. The summed E-state index contributed by atoms with van der Waals surface area (Å²) in [6.07, 6.45) is 1.04. The molecule has 0 fully saturated rings. The van der Waals surface area contributed by atoms with E-state index in [9.17, 15) is 4.79 Å². The molecule has 0 amide bonds. The molecule has 8 heavy (non-hydrogen) atoms. The van der Waals surface area contributed by atoms with Gasteiger partial charge in [0.25, 0.3) is 0 Å². The Kier molecular flexibility index (Phi) is 5.19. The quantitative estimate of drug-likeness (QED) is 0.494. The SMILES string of the molecule is N#CCCCO[C]=O. The van der Waals surface area contributed by atoms with Crippen LogP contribution in [0, 0.1) is 11.3 Å². The van der Waals surface area contributed by atoms with Gasteiger partial charge in [0, 0.05) is 6.42 Å². The fraction of sp³-hybridized carbons (Fsp3) is 0.600. The predicted octanol–water partition coefficient (Wildman–Crippen LogP) is 0.374. The van der Waals surface area contributed by atoms with Crippen LogP contribution < -0.4 is 0 Å². The molecule has 0 aliphatic heterocycles. The van der Waals surface area contributed by atoms with Gasteiger partial charge in [0.1, 0.15) is 0 Å². The third kappa shape index (κ3) is 4.96. The Labute approximate surface area is 47.9 Å². The van der Waals surface area contributed by atoms with Gasteiger partial charge in [-0.05, 0) is 6.42 Å². The van der Waals surface area contributed by atoms with E-state index in [0.29, 0.717) is 19.4 Å². The number of nitrogens with zero attached hydrogens (tertiary/aromatic N) is 1. The summed E-state index contributed by atoms with van der Waals surface area (Å²) in [5.74, 6) is 0. The molecule has 3 nitrogen and oxygen atoms in total. The number of carbonyl (C=O) groups excluding carboxylic acids is 1. The Bertz CT molecular complexity index is 95.1. The van der Waals surface area contributed by atoms with Gasteiger partial charge in [0.15, 0.2) is 0 Å². The molecule has 0 spiro atoms. The molecule has 0 heterocycles. The average molecular weight is 112 g/mol. The lowest BCUT2D eigenvalue weighted by Gasteiger charge is -1.88. The molecule has 0 aliphatic carbocycles. The zero-order valence-corrected chi connectivity index (χ0v) is 4.39. The summed E-state index contributed by atoms with van der Waals surface area (Å²) < 4.78 is 4.18. The zero-order chi connectivity index (χ0) is 6.24. The van der Waals surface area contributed by atoms with Crippen LogP contribution in [-0.4, -0.2) is 13.1 Å². The second-order valence-electron chi connectivity index (χ2n) is 1.19. The van der Waals surface area contributed by atoms with Gasteiger partial charge in [-0.15, -0.1) is 0 Å². The normalized spacial score (nSPS) is 7.38. The molecule has 0 rings (SSSR count). The van der Waals surface area contributed by atoms with Crippen LogP contribution in [0.15, 0.2) is 0 Å². The minimum Gasteiger partial charge on any atom is -0.457 e. The molecular weight excluding hydrogens is 106 g/mol. The molecule has 0 saturated carbocycles. The maximum Gasteiger partial charge on any atom is 0.417 e. The first-order chi connectivity index (χ1) is 3.91. The van der Waals surface area contributed by atoms with E-state index in [0.717, 1.165) is 0 Å². The lowest BCUT2D eigenvalue weighted by atomic mass is 10.4. The molecule has 0 saturated heterocycles. The first-order valence-corrected chi connectivity index (χ1v) is 2.27. The second-order valence-corrected chi connectivity index (χ2v) is 1.19. The summed E-state index contributed by atoms with van der Waals surface area (Å²) in [5, 5.41) is 7.96. The molecule has 3 heteroatoms. The Morgan fingerprint density at radius 1 is 1.62 bits per heavy atom. The molecule has 0 bridgehead atoms. The third-order valence-electron chi connectivity index (χ3n) is 0.594. The van der Waals surface area contributed by atoms with Crippen molar-refractivity contribution in [3.05, 3.63) is 0 Å². The van der Waals surface area contributed by atoms with Crippen molar-refractivity contribution in [1.29, 1.82) is 5.26 Å². The number of rotatable bonds is 4. The largest absolute Gasteiger partial charge is 0.457 e.